The zero-order valence-electron chi connectivity index (χ0n) is 13.2. The van der Waals surface area contributed by atoms with Crippen molar-refractivity contribution < 1.29 is 14.3 Å². The number of amides is 1. The Morgan fingerprint density at radius 1 is 1.13 bits per heavy atom. The number of thiophene rings is 1. The van der Waals surface area contributed by atoms with Crippen LogP contribution < -0.4 is 5.32 Å². The topological polar surface area (TPSA) is 55.4 Å². The summed E-state index contributed by atoms with van der Waals surface area (Å²) in [6.07, 6.45) is 0. The van der Waals surface area contributed by atoms with Crippen molar-refractivity contribution in [3.8, 4) is 0 Å². The van der Waals surface area contributed by atoms with Crippen molar-refractivity contribution in [1.29, 1.82) is 0 Å². The van der Waals surface area contributed by atoms with E-state index >= 15 is 0 Å². The number of ether oxygens (including phenoxy) is 1. The van der Waals surface area contributed by atoms with Gasteiger partial charge in [0.05, 0.1) is 4.34 Å². The van der Waals surface area contributed by atoms with Gasteiger partial charge in [-0.15, -0.1) is 11.3 Å². The van der Waals surface area contributed by atoms with Crippen LogP contribution in [0.4, 0.5) is 5.69 Å². The molecule has 1 aromatic heterocycles. The maximum Gasteiger partial charge on any atom is 0.348 e. The average molecular weight is 352 g/mol. The second kappa shape index (κ2) is 7.15. The summed E-state index contributed by atoms with van der Waals surface area (Å²) in [4.78, 5) is 23.9. The van der Waals surface area contributed by atoms with Crippen LogP contribution in [-0.4, -0.2) is 18.5 Å². The minimum Gasteiger partial charge on any atom is -0.451 e. The molecular formula is C17H18ClNO3S. The Morgan fingerprint density at radius 3 is 2.30 bits per heavy atom. The number of hydrogen-bond acceptors (Lipinski definition) is 4. The Morgan fingerprint density at radius 2 is 1.78 bits per heavy atom. The van der Waals surface area contributed by atoms with E-state index in [9.17, 15) is 9.59 Å². The van der Waals surface area contributed by atoms with E-state index in [4.69, 9.17) is 16.3 Å². The highest BCUT2D eigenvalue weighted by molar-refractivity contribution is 7.17. The van der Waals surface area contributed by atoms with E-state index < -0.39 is 5.97 Å². The number of anilines is 1. The molecule has 0 aliphatic rings. The van der Waals surface area contributed by atoms with Gasteiger partial charge in [-0.2, -0.15) is 0 Å². The lowest BCUT2D eigenvalue weighted by molar-refractivity contribution is -0.119. The number of benzene rings is 1. The molecule has 1 heterocycles. The van der Waals surface area contributed by atoms with Crippen LogP contribution >= 0.6 is 22.9 Å². The standard InChI is InChI=1S/C17H18ClNO3S/c1-17(2,3)11-4-6-12(7-5-11)19-15(20)10-22-16(21)13-8-9-14(18)23-13/h4-9H,10H2,1-3H3,(H,19,20). The van der Waals surface area contributed by atoms with Gasteiger partial charge in [0.2, 0.25) is 0 Å². The molecule has 0 bridgehead atoms. The third-order valence-corrected chi connectivity index (χ3v) is 4.35. The molecule has 0 aliphatic heterocycles. The van der Waals surface area contributed by atoms with Crippen LogP contribution in [0, 0.1) is 0 Å². The Bertz CT molecular complexity index is 701. The summed E-state index contributed by atoms with van der Waals surface area (Å²) in [5.41, 5.74) is 1.90. The molecule has 0 unspecified atom stereocenters. The number of esters is 1. The molecule has 0 spiro atoms. The summed E-state index contributed by atoms with van der Waals surface area (Å²) in [6, 6.07) is 10.8. The van der Waals surface area contributed by atoms with Crippen LogP contribution in [0.15, 0.2) is 36.4 Å². The van der Waals surface area contributed by atoms with Crippen LogP contribution in [-0.2, 0) is 14.9 Å². The molecule has 1 amide bonds. The first-order valence-electron chi connectivity index (χ1n) is 7.08. The van der Waals surface area contributed by atoms with E-state index in [1.807, 2.05) is 24.3 Å². The Balaban J connectivity index is 1.86. The number of halogens is 1. The number of rotatable bonds is 4. The van der Waals surface area contributed by atoms with Gasteiger partial charge in [0, 0.05) is 5.69 Å². The number of nitrogens with one attached hydrogen (secondary N) is 1. The molecule has 0 fully saturated rings. The number of carbonyl (C=O) groups excluding carboxylic acids is 2. The van der Waals surface area contributed by atoms with E-state index in [0.717, 1.165) is 11.3 Å². The van der Waals surface area contributed by atoms with Gasteiger partial charge in [-0.3, -0.25) is 4.79 Å². The average Bonchev–Trinajstić information content (AvgIpc) is 2.91. The fraction of sp³-hybridized carbons (Fsp3) is 0.294. The predicted octanol–water partition coefficient (Wildman–Crippen LogP) is 4.49. The van der Waals surface area contributed by atoms with E-state index in [-0.39, 0.29) is 17.9 Å². The van der Waals surface area contributed by atoms with Crippen molar-refractivity contribution in [3.63, 3.8) is 0 Å². The van der Waals surface area contributed by atoms with E-state index in [2.05, 4.69) is 26.1 Å². The van der Waals surface area contributed by atoms with Crippen LogP contribution in [0.2, 0.25) is 4.34 Å². The van der Waals surface area contributed by atoms with Crippen molar-refractivity contribution in [1.82, 2.24) is 0 Å². The number of hydrogen-bond donors (Lipinski definition) is 1. The third kappa shape index (κ3) is 5.08. The quantitative estimate of drug-likeness (QED) is 0.825. The molecule has 0 saturated heterocycles. The van der Waals surface area contributed by atoms with Gasteiger partial charge in [-0.1, -0.05) is 44.5 Å². The summed E-state index contributed by atoms with van der Waals surface area (Å²) >= 11 is 6.87. The van der Waals surface area contributed by atoms with E-state index in [1.54, 1.807) is 12.1 Å². The van der Waals surface area contributed by atoms with Crippen molar-refractivity contribution in [3.05, 3.63) is 51.2 Å². The fourth-order valence-electron chi connectivity index (χ4n) is 1.88. The summed E-state index contributed by atoms with van der Waals surface area (Å²) in [7, 11) is 0. The lowest BCUT2D eigenvalue weighted by Gasteiger charge is -2.19. The van der Waals surface area contributed by atoms with Crippen LogP contribution in [0.1, 0.15) is 36.0 Å². The van der Waals surface area contributed by atoms with E-state index in [1.165, 1.54) is 5.56 Å². The van der Waals surface area contributed by atoms with Crippen molar-refractivity contribution in [2.24, 2.45) is 0 Å². The lowest BCUT2D eigenvalue weighted by Crippen LogP contribution is -2.20. The molecular weight excluding hydrogens is 334 g/mol. The maximum absolute atomic E-state index is 11.8. The molecule has 2 aromatic rings. The largest absolute Gasteiger partial charge is 0.451 e. The van der Waals surface area contributed by atoms with Gasteiger partial charge < -0.3 is 10.1 Å². The van der Waals surface area contributed by atoms with Crippen molar-refractivity contribution >= 4 is 40.5 Å². The minimum atomic E-state index is -0.555. The molecule has 23 heavy (non-hydrogen) atoms. The maximum atomic E-state index is 11.8. The second-order valence-electron chi connectivity index (χ2n) is 6.06. The van der Waals surface area contributed by atoms with Gasteiger partial charge in [0.15, 0.2) is 6.61 Å². The molecule has 4 nitrogen and oxygen atoms in total. The first-order valence-corrected chi connectivity index (χ1v) is 8.28. The molecule has 0 saturated carbocycles. The Labute approximate surface area is 144 Å². The van der Waals surface area contributed by atoms with Gasteiger partial charge in [-0.25, -0.2) is 4.79 Å². The van der Waals surface area contributed by atoms with Crippen LogP contribution in [0.3, 0.4) is 0 Å². The van der Waals surface area contributed by atoms with Crippen molar-refractivity contribution in [2.45, 2.75) is 26.2 Å². The molecule has 0 aliphatic carbocycles. The zero-order valence-corrected chi connectivity index (χ0v) is 14.8. The normalized spacial score (nSPS) is 11.1. The molecule has 122 valence electrons. The van der Waals surface area contributed by atoms with Gasteiger partial charge in [0.1, 0.15) is 4.88 Å². The summed E-state index contributed by atoms with van der Waals surface area (Å²) in [5, 5.41) is 2.69. The zero-order chi connectivity index (χ0) is 17.0. The van der Waals surface area contributed by atoms with E-state index in [0.29, 0.717) is 14.9 Å². The molecule has 0 atom stereocenters. The SMILES string of the molecule is CC(C)(C)c1ccc(NC(=O)COC(=O)c2ccc(Cl)s2)cc1. The second-order valence-corrected chi connectivity index (χ2v) is 7.77. The van der Waals surface area contributed by atoms with Gasteiger partial charge in [-0.05, 0) is 35.2 Å². The lowest BCUT2D eigenvalue weighted by atomic mass is 9.87. The Kier molecular flexibility index (Phi) is 5.44. The highest BCUT2D eigenvalue weighted by Crippen LogP contribution is 2.24. The van der Waals surface area contributed by atoms with Crippen LogP contribution in [0.25, 0.3) is 0 Å². The smallest absolute Gasteiger partial charge is 0.348 e. The highest BCUT2D eigenvalue weighted by Gasteiger charge is 2.14. The molecule has 1 N–H and O–H groups in total. The fourth-order valence-corrected chi connectivity index (χ4v) is 2.81. The van der Waals surface area contributed by atoms with Gasteiger partial charge >= 0.3 is 5.97 Å². The number of carbonyl (C=O) groups is 2. The summed E-state index contributed by atoms with van der Waals surface area (Å²) in [5.74, 6) is -0.940. The first kappa shape index (κ1) is 17.5. The third-order valence-electron chi connectivity index (χ3n) is 3.14. The monoisotopic (exact) mass is 351 g/mol. The minimum absolute atomic E-state index is 0.0556. The molecule has 6 heteroatoms. The Hall–Kier alpha value is -1.85. The molecule has 1 aromatic carbocycles. The summed E-state index contributed by atoms with van der Waals surface area (Å²) in [6.45, 7) is 6.03. The van der Waals surface area contributed by atoms with Crippen molar-refractivity contribution in [2.75, 3.05) is 11.9 Å². The highest BCUT2D eigenvalue weighted by atomic mass is 35.5. The molecule has 0 radical (unpaired) electrons. The van der Waals surface area contributed by atoms with Crippen LogP contribution in [0.5, 0.6) is 0 Å². The predicted molar refractivity (Wildman–Crippen MR) is 93.4 cm³/mol. The molecule has 2 rings (SSSR count). The van der Waals surface area contributed by atoms with Gasteiger partial charge in [0.25, 0.3) is 5.91 Å². The first-order chi connectivity index (χ1) is 10.8. The summed E-state index contributed by atoms with van der Waals surface area (Å²) < 4.78 is 5.45.